The van der Waals surface area contributed by atoms with Crippen molar-refractivity contribution < 1.29 is 9.53 Å². The number of fused-ring (bicyclic) bond motifs is 1. The van der Waals surface area contributed by atoms with Gasteiger partial charge in [-0.05, 0) is 18.1 Å². The first kappa shape index (κ1) is 9.21. The van der Waals surface area contributed by atoms with E-state index in [1.165, 1.54) is 5.56 Å². The Hall–Kier alpha value is -1.35. The predicted molar refractivity (Wildman–Crippen MR) is 54.1 cm³/mol. The first-order valence-corrected chi connectivity index (χ1v) is 4.69. The Balaban J connectivity index is 2.22. The van der Waals surface area contributed by atoms with Crippen LogP contribution in [0.2, 0.25) is 0 Å². The van der Waals surface area contributed by atoms with E-state index in [9.17, 15) is 4.79 Å². The Labute approximate surface area is 83.1 Å². The number of nitrogens with one attached hydrogen (secondary N) is 1. The summed E-state index contributed by atoms with van der Waals surface area (Å²) < 4.78 is 5.01. The molecule has 0 saturated carbocycles. The van der Waals surface area contributed by atoms with Crippen molar-refractivity contribution in [2.45, 2.75) is 6.42 Å². The van der Waals surface area contributed by atoms with Crippen LogP contribution in [0, 0.1) is 5.92 Å². The fourth-order valence-corrected chi connectivity index (χ4v) is 1.75. The van der Waals surface area contributed by atoms with Gasteiger partial charge in [-0.3, -0.25) is 4.79 Å². The number of amides is 1. The van der Waals surface area contributed by atoms with Crippen LogP contribution in [0.4, 0.5) is 5.69 Å². The molecule has 0 radical (unpaired) electrons. The van der Waals surface area contributed by atoms with Gasteiger partial charge in [-0.1, -0.05) is 18.2 Å². The average Bonchev–Trinajstić information content (AvgIpc) is 2.19. The van der Waals surface area contributed by atoms with Gasteiger partial charge in [-0.25, -0.2) is 0 Å². The summed E-state index contributed by atoms with van der Waals surface area (Å²) in [5, 5.41) is 2.88. The van der Waals surface area contributed by atoms with Gasteiger partial charge in [0.2, 0.25) is 5.91 Å². The molecule has 1 aromatic carbocycles. The third-order valence-corrected chi connectivity index (χ3v) is 2.48. The van der Waals surface area contributed by atoms with Crippen molar-refractivity contribution in [3.05, 3.63) is 29.8 Å². The minimum absolute atomic E-state index is 0.0464. The van der Waals surface area contributed by atoms with Gasteiger partial charge in [-0.15, -0.1) is 0 Å². The Morgan fingerprint density at radius 3 is 3.07 bits per heavy atom. The van der Waals surface area contributed by atoms with Gasteiger partial charge >= 0.3 is 0 Å². The van der Waals surface area contributed by atoms with Gasteiger partial charge in [0.1, 0.15) is 0 Å². The number of hydrogen-bond donors (Lipinski definition) is 1. The largest absolute Gasteiger partial charge is 0.384 e. The van der Waals surface area contributed by atoms with E-state index in [1.807, 2.05) is 24.3 Å². The van der Waals surface area contributed by atoms with E-state index in [0.29, 0.717) is 6.61 Å². The molecule has 14 heavy (non-hydrogen) atoms. The molecule has 1 aliphatic heterocycles. The fraction of sp³-hybridized carbons (Fsp3) is 0.364. The standard InChI is InChI=1S/C11H13NO2/c1-14-7-9-6-8-4-2-3-5-10(8)12-11(9)13/h2-5,9H,6-7H2,1H3,(H,12,13). The number of methoxy groups -OCH3 is 1. The van der Waals surface area contributed by atoms with Crippen molar-refractivity contribution in [3.8, 4) is 0 Å². The van der Waals surface area contributed by atoms with Gasteiger partial charge in [0.05, 0.1) is 12.5 Å². The number of carbonyl (C=O) groups is 1. The molecule has 1 aliphatic rings. The molecule has 74 valence electrons. The lowest BCUT2D eigenvalue weighted by molar-refractivity contribution is -0.121. The van der Waals surface area contributed by atoms with E-state index in [1.54, 1.807) is 7.11 Å². The van der Waals surface area contributed by atoms with Gasteiger partial charge in [0, 0.05) is 12.8 Å². The van der Waals surface area contributed by atoms with Crippen LogP contribution in [-0.2, 0) is 16.0 Å². The maximum atomic E-state index is 11.6. The fourth-order valence-electron chi connectivity index (χ4n) is 1.75. The maximum absolute atomic E-state index is 11.6. The number of hydrogen-bond acceptors (Lipinski definition) is 2. The summed E-state index contributed by atoms with van der Waals surface area (Å²) in [6, 6.07) is 7.88. The van der Waals surface area contributed by atoms with Crippen molar-refractivity contribution in [2.75, 3.05) is 19.0 Å². The lowest BCUT2D eigenvalue weighted by Crippen LogP contribution is -2.32. The van der Waals surface area contributed by atoms with Gasteiger partial charge < -0.3 is 10.1 Å². The second-order valence-corrected chi connectivity index (χ2v) is 3.50. The molecule has 3 nitrogen and oxygen atoms in total. The molecule has 1 unspecified atom stereocenters. The third-order valence-electron chi connectivity index (χ3n) is 2.48. The van der Waals surface area contributed by atoms with Crippen LogP contribution < -0.4 is 5.32 Å². The predicted octanol–water partition coefficient (Wildman–Crippen LogP) is 1.44. The number of para-hydroxylation sites is 1. The second kappa shape index (κ2) is 3.80. The number of ether oxygens (including phenoxy) is 1. The van der Waals surface area contributed by atoms with Gasteiger partial charge in [-0.2, -0.15) is 0 Å². The molecular weight excluding hydrogens is 178 g/mol. The molecule has 1 heterocycles. The average molecular weight is 191 g/mol. The van der Waals surface area contributed by atoms with E-state index in [-0.39, 0.29) is 11.8 Å². The van der Waals surface area contributed by atoms with E-state index < -0.39 is 0 Å². The zero-order chi connectivity index (χ0) is 9.97. The van der Waals surface area contributed by atoms with E-state index >= 15 is 0 Å². The number of carbonyl (C=O) groups excluding carboxylic acids is 1. The van der Waals surface area contributed by atoms with Crippen molar-refractivity contribution in [2.24, 2.45) is 5.92 Å². The maximum Gasteiger partial charge on any atom is 0.230 e. The Kier molecular flexibility index (Phi) is 2.50. The number of benzene rings is 1. The Bertz CT molecular complexity index is 349. The van der Waals surface area contributed by atoms with Crippen LogP contribution in [0.3, 0.4) is 0 Å². The highest BCUT2D eigenvalue weighted by Gasteiger charge is 2.25. The van der Waals surface area contributed by atoms with Gasteiger partial charge in [0.25, 0.3) is 0 Å². The molecule has 1 atom stereocenters. The van der Waals surface area contributed by atoms with Crippen LogP contribution >= 0.6 is 0 Å². The Morgan fingerprint density at radius 1 is 1.50 bits per heavy atom. The summed E-state index contributed by atoms with van der Waals surface area (Å²) in [7, 11) is 1.62. The van der Waals surface area contributed by atoms with Crippen LogP contribution in [0.5, 0.6) is 0 Å². The van der Waals surface area contributed by atoms with Crippen molar-refractivity contribution in [1.82, 2.24) is 0 Å². The van der Waals surface area contributed by atoms with Crippen molar-refractivity contribution in [3.63, 3.8) is 0 Å². The highest BCUT2D eigenvalue weighted by atomic mass is 16.5. The number of rotatable bonds is 2. The summed E-state index contributed by atoms with van der Waals surface area (Å²) >= 11 is 0. The van der Waals surface area contributed by atoms with E-state index in [4.69, 9.17) is 4.74 Å². The van der Waals surface area contributed by atoms with Crippen LogP contribution in [0.25, 0.3) is 0 Å². The number of anilines is 1. The van der Waals surface area contributed by atoms with Crippen LogP contribution in [0.15, 0.2) is 24.3 Å². The molecule has 0 aromatic heterocycles. The van der Waals surface area contributed by atoms with Crippen molar-refractivity contribution >= 4 is 11.6 Å². The van der Waals surface area contributed by atoms with E-state index in [2.05, 4.69) is 5.32 Å². The van der Waals surface area contributed by atoms with E-state index in [0.717, 1.165) is 12.1 Å². The van der Waals surface area contributed by atoms with Crippen molar-refractivity contribution in [1.29, 1.82) is 0 Å². The first-order chi connectivity index (χ1) is 6.81. The molecule has 0 fully saturated rings. The van der Waals surface area contributed by atoms with Crippen LogP contribution in [-0.4, -0.2) is 19.6 Å². The quantitative estimate of drug-likeness (QED) is 0.768. The summed E-state index contributed by atoms with van der Waals surface area (Å²) in [6.45, 7) is 0.486. The second-order valence-electron chi connectivity index (χ2n) is 3.50. The normalized spacial score (nSPS) is 20.1. The van der Waals surface area contributed by atoms with Gasteiger partial charge in [0.15, 0.2) is 0 Å². The highest BCUT2D eigenvalue weighted by molar-refractivity contribution is 5.95. The lowest BCUT2D eigenvalue weighted by atomic mass is 9.94. The molecule has 0 saturated heterocycles. The lowest BCUT2D eigenvalue weighted by Gasteiger charge is -2.23. The molecule has 0 bridgehead atoms. The SMILES string of the molecule is COCC1Cc2ccccc2NC1=O. The summed E-state index contributed by atoms with van der Waals surface area (Å²) in [5.74, 6) is 0.0143. The molecule has 0 aliphatic carbocycles. The Morgan fingerprint density at radius 2 is 2.29 bits per heavy atom. The zero-order valence-corrected chi connectivity index (χ0v) is 8.12. The summed E-state index contributed by atoms with van der Waals surface area (Å²) in [6.07, 6.45) is 0.774. The smallest absolute Gasteiger partial charge is 0.230 e. The molecule has 2 rings (SSSR count). The topological polar surface area (TPSA) is 38.3 Å². The summed E-state index contributed by atoms with van der Waals surface area (Å²) in [5.41, 5.74) is 2.12. The molecule has 1 aromatic rings. The van der Waals surface area contributed by atoms with Crippen LogP contribution in [0.1, 0.15) is 5.56 Å². The third kappa shape index (κ3) is 1.63. The molecular formula is C11H13NO2. The molecule has 0 spiro atoms. The summed E-state index contributed by atoms with van der Waals surface area (Å²) in [4.78, 5) is 11.6. The monoisotopic (exact) mass is 191 g/mol. The molecule has 1 N–H and O–H groups in total. The highest BCUT2D eigenvalue weighted by Crippen LogP contribution is 2.24. The first-order valence-electron chi connectivity index (χ1n) is 4.69. The zero-order valence-electron chi connectivity index (χ0n) is 8.12. The minimum Gasteiger partial charge on any atom is -0.384 e. The molecule has 1 amide bonds. The molecule has 3 heteroatoms. The minimum atomic E-state index is -0.0464.